The summed E-state index contributed by atoms with van der Waals surface area (Å²) in [6, 6.07) is 9.75. The van der Waals surface area contributed by atoms with Crippen LogP contribution in [0.4, 0.5) is 5.82 Å². The molecule has 1 aromatic carbocycles. The zero-order valence-electron chi connectivity index (χ0n) is 19.5. The fraction of sp³-hybridized carbons (Fsp3) is 0.500. The molecule has 8 nitrogen and oxygen atoms in total. The summed E-state index contributed by atoms with van der Waals surface area (Å²) in [5, 5.41) is 15.3. The van der Waals surface area contributed by atoms with Gasteiger partial charge in [-0.15, -0.1) is 0 Å². The number of nitriles is 1. The van der Waals surface area contributed by atoms with Crippen molar-refractivity contribution in [3.8, 4) is 6.07 Å². The standard InChI is InChI=1S/C24H33N7O/c1-24(2,3)17-28-22-20(14-26-21(13-25)29-22)15-27-23(32)19-7-5-18(6-8-19)16-31-11-9-30(4)10-12-31/h5-8,14H,9-12,15-17H2,1-4H3,(H,27,32)(H,26,28,29). The highest BCUT2D eigenvalue weighted by molar-refractivity contribution is 5.94. The van der Waals surface area contributed by atoms with Gasteiger partial charge in [-0.2, -0.15) is 5.26 Å². The predicted octanol–water partition coefficient (Wildman–Crippen LogP) is 2.48. The minimum absolute atomic E-state index is 0.0458. The third-order valence-electron chi connectivity index (χ3n) is 5.41. The SMILES string of the molecule is CN1CCN(Cc2ccc(C(=O)NCc3cnc(C#N)nc3NCC(C)(C)C)cc2)CC1. The average molecular weight is 436 g/mol. The number of likely N-dealkylation sites (N-methyl/N-ethyl adjacent to an activating group) is 1. The van der Waals surface area contributed by atoms with Crippen molar-refractivity contribution in [3.05, 3.63) is 53.0 Å². The Balaban J connectivity index is 1.58. The van der Waals surface area contributed by atoms with Gasteiger partial charge in [-0.3, -0.25) is 9.69 Å². The average Bonchev–Trinajstić information content (AvgIpc) is 2.78. The normalized spacial score (nSPS) is 15.2. The Bertz CT molecular complexity index is 952. The lowest BCUT2D eigenvalue weighted by atomic mass is 9.97. The molecule has 0 bridgehead atoms. The Morgan fingerprint density at radius 1 is 1.16 bits per heavy atom. The van der Waals surface area contributed by atoms with Gasteiger partial charge in [-0.05, 0) is 30.2 Å². The Kier molecular flexibility index (Phi) is 7.78. The van der Waals surface area contributed by atoms with Gasteiger partial charge in [0.15, 0.2) is 0 Å². The van der Waals surface area contributed by atoms with E-state index in [0.717, 1.165) is 38.3 Å². The van der Waals surface area contributed by atoms with Crippen LogP contribution in [0.3, 0.4) is 0 Å². The molecule has 170 valence electrons. The lowest BCUT2D eigenvalue weighted by Crippen LogP contribution is -2.43. The highest BCUT2D eigenvalue weighted by atomic mass is 16.1. The molecule has 0 saturated carbocycles. The van der Waals surface area contributed by atoms with Crippen LogP contribution in [0.1, 0.15) is 48.1 Å². The smallest absolute Gasteiger partial charge is 0.251 e. The third kappa shape index (κ3) is 7.01. The molecule has 2 aromatic rings. The molecule has 1 amide bonds. The van der Waals surface area contributed by atoms with Crippen molar-refractivity contribution < 1.29 is 4.79 Å². The lowest BCUT2D eigenvalue weighted by Gasteiger charge is -2.32. The molecule has 1 aliphatic rings. The van der Waals surface area contributed by atoms with E-state index in [-0.39, 0.29) is 23.7 Å². The minimum atomic E-state index is -0.151. The fourth-order valence-electron chi connectivity index (χ4n) is 3.40. The van der Waals surface area contributed by atoms with E-state index >= 15 is 0 Å². The number of nitrogens with zero attached hydrogens (tertiary/aromatic N) is 5. The summed E-state index contributed by atoms with van der Waals surface area (Å²) < 4.78 is 0. The van der Waals surface area contributed by atoms with Crippen molar-refractivity contribution in [1.82, 2.24) is 25.1 Å². The molecule has 1 fully saturated rings. The lowest BCUT2D eigenvalue weighted by molar-refractivity contribution is 0.0951. The zero-order chi connectivity index (χ0) is 23.1. The molecular formula is C24H33N7O. The number of carbonyl (C=O) groups excluding carboxylic acids is 1. The molecule has 0 spiro atoms. The second-order valence-corrected chi connectivity index (χ2v) is 9.55. The van der Waals surface area contributed by atoms with Crippen LogP contribution in [-0.4, -0.2) is 65.4 Å². The number of benzene rings is 1. The van der Waals surface area contributed by atoms with E-state index in [1.807, 2.05) is 30.3 Å². The maximum absolute atomic E-state index is 12.7. The molecule has 2 heterocycles. The van der Waals surface area contributed by atoms with Crippen molar-refractivity contribution in [1.29, 1.82) is 5.26 Å². The summed E-state index contributed by atoms with van der Waals surface area (Å²) in [7, 11) is 2.15. The molecule has 1 saturated heterocycles. The fourth-order valence-corrected chi connectivity index (χ4v) is 3.40. The van der Waals surface area contributed by atoms with Crippen molar-refractivity contribution >= 4 is 11.7 Å². The zero-order valence-corrected chi connectivity index (χ0v) is 19.5. The summed E-state index contributed by atoms with van der Waals surface area (Å²) in [6.07, 6.45) is 1.59. The summed E-state index contributed by atoms with van der Waals surface area (Å²) in [6.45, 7) is 12.5. The van der Waals surface area contributed by atoms with Gasteiger partial charge in [-0.1, -0.05) is 32.9 Å². The molecular weight excluding hydrogens is 402 g/mol. The number of carbonyl (C=O) groups is 1. The van der Waals surface area contributed by atoms with Crippen LogP contribution in [0.25, 0.3) is 0 Å². The van der Waals surface area contributed by atoms with Crippen LogP contribution < -0.4 is 10.6 Å². The first-order valence-electron chi connectivity index (χ1n) is 11.0. The quantitative estimate of drug-likeness (QED) is 0.690. The van der Waals surface area contributed by atoms with E-state index in [1.165, 1.54) is 5.56 Å². The molecule has 32 heavy (non-hydrogen) atoms. The molecule has 0 radical (unpaired) electrons. The monoisotopic (exact) mass is 435 g/mol. The molecule has 0 atom stereocenters. The van der Waals surface area contributed by atoms with Gasteiger partial charge in [0.2, 0.25) is 5.82 Å². The van der Waals surface area contributed by atoms with Crippen molar-refractivity contribution in [3.63, 3.8) is 0 Å². The number of anilines is 1. The first kappa shape index (κ1) is 23.6. The van der Waals surface area contributed by atoms with Gasteiger partial charge in [0.1, 0.15) is 11.9 Å². The van der Waals surface area contributed by atoms with Crippen LogP contribution in [0, 0.1) is 16.7 Å². The van der Waals surface area contributed by atoms with Crippen LogP contribution in [0.2, 0.25) is 0 Å². The van der Waals surface area contributed by atoms with Crippen LogP contribution in [0.15, 0.2) is 30.5 Å². The molecule has 2 N–H and O–H groups in total. The van der Waals surface area contributed by atoms with Gasteiger partial charge in [0.05, 0.1) is 0 Å². The van der Waals surface area contributed by atoms with Crippen LogP contribution in [-0.2, 0) is 13.1 Å². The highest BCUT2D eigenvalue weighted by Gasteiger charge is 2.16. The van der Waals surface area contributed by atoms with E-state index in [0.29, 0.717) is 17.9 Å². The maximum atomic E-state index is 12.7. The van der Waals surface area contributed by atoms with Crippen molar-refractivity contribution in [2.24, 2.45) is 5.41 Å². The Labute approximate surface area is 190 Å². The topological polar surface area (TPSA) is 97.2 Å². The number of hydrogen-bond acceptors (Lipinski definition) is 7. The van der Waals surface area contributed by atoms with Gasteiger partial charge in [-0.25, -0.2) is 9.97 Å². The number of rotatable bonds is 7. The van der Waals surface area contributed by atoms with E-state index in [1.54, 1.807) is 6.20 Å². The Hall–Kier alpha value is -3.02. The number of amides is 1. The highest BCUT2D eigenvalue weighted by Crippen LogP contribution is 2.17. The van der Waals surface area contributed by atoms with E-state index in [4.69, 9.17) is 5.26 Å². The maximum Gasteiger partial charge on any atom is 0.251 e. The second-order valence-electron chi connectivity index (χ2n) is 9.55. The second kappa shape index (κ2) is 10.5. The molecule has 3 rings (SSSR count). The Morgan fingerprint density at radius 2 is 1.84 bits per heavy atom. The molecule has 0 aliphatic carbocycles. The minimum Gasteiger partial charge on any atom is -0.369 e. The number of hydrogen-bond donors (Lipinski definition) is 2. The summed E-state index contributed by atoms with van der Waals surface area (Å²) in [4.78, 5) is 25.8. The van der Waals surface area contributed by atoms with Gasteiger partial charge in [0, 0.05) is 63.1 Å². The number of piperazine rings is 1. The number of aromatic nitrogens is 2. The largest absolute Gasteiger partial charge is 0.369 e. The summed E-state index contributed by atoms with van der Waals surface area (Å²) in [5.74, 6) is 0.531. The Morgan fingerprint density at radius 3 is 2.47 bits per heavy atom. The van der Waals surface area contributed by atoms with Gasteiger partial charge in [0.25, 0.3) is 5.91 Å². The van der Waals surface area contributed by atoms with Crippen LogP contribution >= 0.6 is 0 Å². The van der Waals surface area contributed by atoms with E-state index < -0.39 is 0 Å². The first-order chi connectivity index (χ1) is 15.2. The van der Waals surface area contributed by atoms with Crippen molar-refractivity contribution in [2.75, 3.05) is 45.1 Å². The number of nitrogens with one attached hydrogen (secondary N) is 2. The van der Waals surface area contributed by atoms with Gasteiger partial charge < -0.3 is 15.5 Å². The van der Waals surface area contributed by atoms with Crippen molar-refractivity contribution in [2.45, 2.75) is 33.9 Å². The molecule has 0 unspecified atom stereocenters. The predicted molar refractivity (Wildman–Crippen MR) is 125 cm³/mol. The summed E-state index contributed by atoms with van der Waals surface area (Å²) in [5.41, 5.74) is 2.61. The third-order valence-corrected chi connectivity index (χ3v) is 5.41. The molecule has 1 aromatic heterocycles. The molecule has 1 aliphatic heterocycles. The molecule has 8 heteroatoms. The van der Waals surface area contributed by atoms with Gasteiger partial charge >= 0.3 is 0 Å². The summed E-state index contributed by atoms with van der Waals surface area (Å²) >= 11 is 0. The van der Waals surface area contributed by atoms with Crippen LogP contribution in [0.5, 0.6) is 0 Å². The first-order valence-corrected chi connectivity index (χ1v) is 11.0. The van der Waals surface area contributed by atoms with E-state index in [9.17, 15) is 4.79 Å². The van der Waals surface area contributed by atoms with E-state index in [2.05, 4.69) is 58.2 Å².